The Kier molecular flexibility index (Phi) is 5.87. The van der Waals surface area contributed by atoms with Gasteiger partial charge in [0.1, 0.15) is 17.2 Å². The highest BCUT2D eigenvalue weighted by Gasteiger charge is 2.16. The molecule has 0 spiro atoms. The number of aromatic nitrogens is 2. The molecule has 7 heteroatoms. The second kappa shape index (κ2) is 8.52. The Morgan fingerprint density at radius 3 is 2.72 bits per heavy atom. The van der Waals surface area contributed by atoms with Crippen LogP contribution in [0.3, 0.4) is 0 Å². The fraction of sp³-hybridized carbons (Fsp3) is 0.136. The molecule has 0 bridgehead atoms. The third-order valence-electron chi connectivity index (χ3n) is 4.31. The van der Waals surface area contributed by atoms with E-state index in [0.717, 1.165) is 0 Å². The summed E-state index contributed by atoms with van der Waals surface area (Å²) in [5.41, 5.74) is 6.39. The van der Waals surface area contributed by atoms with Gasteiger partial charge in [0.05, 0.1) is 5.70 Å². The normalized spacial score (nSPS) is 12.2. The zero-order valence-corrected chi connectivity index (χ0v) is 16.1. The lowest BCUT2D eigenvalue weighted by molar-refractivity contribution is 0.440. The Morgan fingerprint density at radius 1 is 1.34 bits per heavy atom. The number of rotatable bonds is 6. The van der Waals surface area contributed by atoms with Crippen molar-refractivity contribution in [2.45, 2.75) is 20.3 Å². The van der Waals surface area contributed by atoms with Crippen molar-refractivity contribution in [2.24, 2.45) is 5.73 Å². The summed E-state index contributed by atoms with van der Waals surface area (Å²) in [5, 5.41) is 0.716. The second-order valence-corrected chi connectivity index (χ2v) is 6.33. The third kappa shape index (κ3) is 4.40. The van der Waals surface area contributed by atoms with Crippen LogP contribution in [0.1, 0.15) is 18.1 Å². The van der Waals surface area contributed by atoms with Crippen molar-refractivity contribution in [1.82, 2.24) is 9.97 Å². The van der Waals surface area contributed by atoms with Crippen LogP contribution in [0.5, 0.6) is 11.8 Å². The molecule has 6 nitrogen and oxygen atoms in total. The van der Waals surface area contributed by atoms with Crippen molar-refractivity contribution in [3.63, 3.8) is 0 Å². The van der Waals surface area contributed by atoms with E-state index in [9.17, 15) is 9.18 Å². The SMILES string of the molecule is C=C(N)/C(F)=C(\C=C/C)Cc1c(C)c2ccc(Oc3ncccn3)cc2oc1=O. The smallest absolute Gasteiger partial charge is 0.340 e. The van der Waals surface area contributed by atoms with Crippen LogP contribution in [-0.4, -0.2) is 9.97 Å². The number of hydrogen-bond donors (Lipinski definition) is 1. The summed E-state index contributed by atoms with van der Waals surface area (Å²) in [6, 6.07) is 6.94. The maximum Gasteiger partial charge on any atom is 0.340 e. The molecule has 2 heterocycles. The average molecular weight is 393 g/mol. The first-order valence-corrected chi connectivity index (χ1v) is 8.88. The largest absolute Gasteiger partial charge is 0.424 e. The van der Waals surface area contributed by atoms with E-state index in [0.29, 0.717) is 27.8 Å². The minimum Gasteiger partial charge on any atom is -0.424 e. The predicted octanol–water partition coefficient (Wildman–Crippen LogP) is 4.50. The Balaban J connectivity index is 2.03. The van der Waals surface area contributed by atoms with Gasteiger partial charge in [0.25, 0.3) is 0 Å². The quantitative estimate of drug-likeness (QED) is 0.490. The van der Waals surface area contributed by atoms with Gasteiger partial charge in [-0.25, -0.2) is 19.2 Å². The van der Waals surface area contributed by atoms with Crippen molar-refractivity contribution >= 4 is 11.0 Å². The van der Waals surface area contributed by atoms with Gasteiger partial charge in [-0.2, -0.15) is 0 Å². The minimum atomic E-state index is -0.645. The molecule has 0 radical (unpaired) electrons. The molecule has 148 valence electrons. The lowest BCUT2D eigenvalue weighted by Crippen LogP contribution is -2.12. The first-order valence-electron chi connectivity index (χ1n) is 8.88. The number of allylic oxidation sites excluding steroid dienone is 4. The number of ether oxygens (including phenoxy) is 1. The lowest BCUT2D eigenvalue weighted by Gasteiger charge is -2.11. The van der Waals surface area contributed by atoms with Crippen LogP contribution in [-0.2, 0) is 6.42 Å². The van der Waals surface area contributed by atoms with Gasteiger partial charge in [0.2, 0.25) is 0 Å². The van der Waals surface area contributed by atoms with Crippen LogP contribution in [0, 0.1) is 6.92 Å². The minimum absolute atomic E-state index is 0.0343. The summed E-state index contributed by atoms with van der Waals surface area (Å²) in [7, 11) is 0. The Bertz CT molecular complexity index is 1180. The molecule has 0 saturated heterocycles. The number of nitrogens with two attached hydrogens (primary N) is 1. The van der Waals surface area contributed by atoms with Gasteiger partial charge in [0, 0.05) is 35.8 Å². The molecule has 0 unspecified atom stereocenters. The number of aryl methyl sites for hydroxylation is 1. The van der Waals surface area contributed by atoms with E-state index >= 15 is 0 Å². The molecule has 0 saturated carbocycles. The highest BCUT2D eigenvalue weighted by molar-refractivity contribution is 5.82. The molecule has 2 aromatic heterocycles. The molecule has 2 N–H and O–H groups in total. The van der Waals surface area contributed by atoms with E-state index in [2.05, 4.69) is 16.5 Å². The molecule has 0 amide bonds. The van der Waals surface area contributed by atoms with Crippen molar-refractivity contribution < 1.29 is 13.5 Å². The molecule has 3 aromatic rings. The summed E-state index contributed by atoms with van der Waals surface area (Å²) in [6.07, 6.45) is 6.39. The number of benzene rings is 1. The zero-order chi connectivity index (χ0) is 21.0. The van der Waals surface area contributed by atoms with Crippen LogP contribution in [0.25, 0.3) is 11.0 Å². The fourth-order valence-corrected chi connectivity index (χ4v) is 2.89. The predicted molar refractivity (Wildman–Crippen MR) is 109 cm³/mol. The van der Waals surface area contributed by atoms with Crippen molar-refractivity contribution in [1.29, 1.82) is 0 Å². The van der Waals surface area contributed by atoms with Crippen LogP contribution in [0.15, 0.2) is 81.7 Å². The Hall–Kier alpha value is -3.74. The summed E-state index contributed by atoms with van der Waals surface area (Å²) >= 11 is 0. The van der Waals surface area contributed by atoms with E-state index < -0.39 is 11.5 Å². The van der Waals surface area contributed by atoms with E-state index in [4.69, 9.17) is 14.9 Å². The van der Waals surface area contributed by atoms with Crippen molar-refractivity contribution in [3.8, 4) is 11.8 Å². The molecule has 1 aromatic carbocycles. The van der Waals surface area contributed by atoms with Gasteiger partial charge in [-0.15, -0.1) is 0 Å². The molecule has 3 rings (SSSR count). The molecule has 0 aliphatic carbocycles. The molecule has 0 atom stereocenters. The van der Waals surface area contributed by atoms with E-state index in [-0.39, 0.29) is 23.7 Å². The van der Waals surface area contributed by atoms with Crippen molar-refractivity contribution in [3.05, 3.63) is 94.0 Å². The van der Waals surface area contributed by atoms with Crippen LogP contribution >= 0.6 is 0 Å². The molecular formula is C22H20FN3O3. The Labute approximate surface area is 166 Å². The van der Waals surface area contributed by atoms with Crippen LogP contribution in [0.4, 0.5) is 4.39 Å². The van der Waals surface area contributed by atoms with Gasteiger partial charge >= 0.3 is 11.6 Å². The van der Waals surface area contributed by atoms with Gasteiger partial charge in [-0.1, -0.05) is 18.7 Å². The molecule has 0 aliphatic heterocycles. The Morgan fingerprint density at radius 2 is 2.07 bits per heavy atom. The van der Waals surface area contributed by atoms with Gasteiger partial charge in [0.15, 0.2) is 0 Å². The third-order valence-corrected chi connectivity index (χ3v) is 4.31. The maximum atomic E-state index is 14.3. The second-order valence-electron chi connectivity index (χ2n) is 6.33. The monoisotopic (exact) mass is 393 g/mol. The summed E-state index contributed by atoms with van der Waals surface area (Å²) in [6.45, 7) is 6.96. The van der Waals surface area contributed by atoms with Gasteiger partial charge in [-0.05, 0) is 43.2 Å². The van der Waals surface area contributed by atoms with E-state index in [1.54, 1.807) is 62.7 Å². The number of halogens is 1. The standard InChI is InChI=1S/C22H20FN3O3/c1-4-6-15(20(23)14(3)24)11-18-13(2)17-8-7-16(12-19(17)29-21(18)27)28-22-25-9-5-10-26-22/h4-10,12H,3,11,24H2,1-2H3/b6-4-,20-15-. The van der Waals surface area contributed by atoms with E-state index in [1.807, 2.05) is 0 Å². The highest BCUT2D eigenvalue weighted by atomic mass is 19.1. The summed E-state index contributed by atoms with van der Waals surface area (Å²) in [4.78, 5) is 20.6. The highest BCUT2D eigenvalue weighted by Crippen LogP contribution is 2.27. The molecule has 0 aliphatic rings. The molecule has 0 fully saturated rings. The first-order chi connectivity index (χ1) is 13.9. The summed E-state index contributed by atoms with van der Waals surface area (Å²) in [5.74, 6) is -0.215. The van der Waals surface area contributed by atoms with Gasteiger partial charge in [-0.3, -0.25) is 0 Å². The van der Waals surface area contributed by atoms with Crippen molar-refractivity contribution in [2.75, 3.05) is 0 Å². The van der Waals surface area contributed by atoms with Gasteiger partial charge < -0.3 is 14.9 Å². The zero-order valence-electron chi connectivity index (χ0n) is 16.1. The number of hydrogen-bond acceptors (Lipinski definition) is 6. The van der Waals surface area contributed by atoms with Crippen LogP contribution in [0.2, 0.25) is 0 Å². The molecule has 29 heavy (non-hydrogen) atoms. The van der Waals surface area contributed by atoms with E-state index in [1.165, 1.54) is 0 Å². The van der Waals surface area contributed by atoms with Crippen LogP contribution < -0.4 is 16.1 Å². The topological polar surface area (TPSA) is 91.2 Å². The molecular weight excluding hydrogens is 373 g/mol. The summed E-state index contributed by atoms with van der Waals surface area (Å²) < 4.78 is 25.4. The number of nitrogens with zero attached hydrogens (tertiary/aromatic N) is 2. The maximum absolute atomic E-state index is 14.3. The first kappa shape index (κ1) is 20.0. The fourth-order valence-electron chi connectivity index (χ4n) is 2.89. The average Bonchev–Trinajstić information content (AvgIpc) is 2.70. The lowest BCUT2D eigenvalue weighted by atomic mass is 9.98. The number of fused-ring (bicyclic) bond motifs is 1.